The molecule has 0 saturated carbocycles. The van der Waals surface area contributed by atoms with Gasteiger partial charge in [0.25, 0.3) is 5.92 Å². The number of rotatable bonds is 6. The third-order valence-electron chi connectivity index (χ3n) is 3.56. The van der Waals surface area contributed by atoms with Gasteiger partial charge in [0.05, 0.1) is 0 Å². The fourth-order valence-electron chi connectivity index (χ4n) is 2.41. The van der Waals surface area contributed by atoms with Crippen molar-refractivity contribution in [2.75, 3.05) is 10.6 Å². The minimum absolute atomic E-state index is 0.110. The van der Waals surface area contributed by atoms with Crippen LogP contribution in [0.1, 0.15) is 26.5 Å². The Labute approximate surface area is 166 Å². The number of alkyl halides is 2. The predicted octanol–water partition coefficient (Wildman–Crippen LogP) is 5.26. The van der Waals surface area contributed by atoms with Crippen LogP contribution in [0.2, 0.25) is 5.15 Å². The van der Waals surface area contributed by atoms with Crippen LogP contribution < -0.4 is 10.6 Å². The molecule has 3 heterocycles. The highest BCUT2D eigenvalue weighted by Gasteiger charge is 2.26. The number of aromatic nitrogens is 4. The summed E-state index contributed by atoms with van der Waals surface area (Å²) in [5.74, 6) is -1.40. The first-order valence-electron chi connectivity index (χ1n) is 8.61. The molecule has 0 atom stereocenters. The van der Waals surface area contributed by atoms with E-state index in [-0.39, 0.29) is 23.3 Å². The van der Waals surface area contributed by atoms with E-state index in [0.717, 1.165) is 6.92 Å². The number of hydrogen-bond acceptors (Lipinski definition) is 6. The lowest BCUT2D eigenvalue weighted by atomic mass is 10.2. The molecule has 28 heavy (non-hydrogen) atoms. The highest BCUT2D eigenvalue weighted by Crippen LogP contribution is 2.28. The zero-order chi connectivity index (χ0) is 20.3. The number of anilines is 3. The Hall–Kier alpha value is -2.87. The number of pyridine rings is 2. The molecule has 0 bridgehead atoms. The third kappa shape index (κ3) is 5.10. The molecule has 0 unspecified atom stereocenters. The Morgan fingerprint density at radius 2 is 1.64 bits per heavy atom. The van der Waals surface area contributed by atoms with Crippen molar-refractivity contribution in [3.05, 3.63) is 53.3 Å². The molecule has 146 valence electrons. The van der Waals surface area contributed by atoms with Crippen molar-refractivity contribution in [1.29, 1.82) is 0 Å². The van der Waals surface area contributed by atoms with E-state index < -0.39 is 5.92 Å². The highest BCUT2D eigenvalue weighted by molar-refractivity contribution is 6.29. The summed E-state index contributed by atoms with van der Waals surface area (Å²) in [6.07, 6.45) is 0. The van der Waals surface area contributed by atoms with Gasteiger partial charge in [0.15, 0.2) is 5.82 Å². The highest BCUT2D eigenvalue weighted by atomic mass is 35.5. The molecule has 3 aromatic rings. The first-order valence-corrected chi connectivity index (χ1v) is 8.99. The second-order valence-corrected chi connectivity index (χ2v) is 6.92. The molecule has 0 aliphatic heterocycles. The second-order valence-electron chi connectivity index (χ2n) is 6.53. The van der Waals surface area contributed by atoms with Crippen molar-refractivity contribution in [2.24, 2.45) is 0 Å². The van der Waals surface area contributed by atoms with Crippen LogP contribution in [-0.2, 0) is 5.92 Å². The van der Waals surface area contributed by atoms with Gasteiger partial charge in [-0.3, -0.25) is 0 Å². The Morgan fingerprint density at radius 1 is 0.929 bits per heavy atom. The van der Waals surface area contributed by atoms with Crippen molar-refractivity contribution < 1.29 is 8.78 Å². The van der Waals surface area contributed by atoms with Crippen molar-refractivity contribution >= 4 is 29.1 Å². The average Bonchev–Trinajstić information content (AvgIpc) is 2.60. The van der Waals surface area contributed by atoms with Gasteiger partial charge in [-0.15, -0.1) is 0 Å². The maximum absolute atomic E-state index is 13.7. The van der Waals surface area contributed by atoms with Gasteiger partial charge in [-0.25, -0.2) is 19.9 Å². The van der Waals surface area contributed by atoms with Crippen molar-refractivity contribution in [2.45, 2.75) is 32.7 Å². The molecule has 0 radical (unpaired) electrons. The van der Waals surface area contributed by atoms with Crippen molar-refractivity contribution in [3.63, 3.8) is 0 Å². The fraction of sp³-hybridized carbons (Fsp3) is 0.263. The Kier molecular flexibility index (Phi) is 5.69. The number of nitrogens with one attached hydrogen (secondary N) is 2. The van der Waals surface area contributed by atoms with Crippen molar-refractivity contribution in [3.8, 4) is 11.5 Å². The van der Waals surface area contributed by atoms with E-state index in [1.54, 1.807) is 30.3 Å². The monoisotopic (exact) mass is 404 g/mol. The van der Waals surface area contributed by atoms with Crippen LogP contribution in [0.3, 0.4) is 0 Å². The molecule has 3 rings (SSSR count). The molecule has 6 nitrogen and oxygen atoms in total. The Balaban J connectivity index is 2.03. The maximum Gasteiger partial charge on any atom is 0.286 e. The number of halogens is 3. The normalized spacial score (nSPS) is 11.5. The van der Waals surface area contributed by atoms with Gasteiger partial charge in [0.1, 0.15) is 34.0 Å². The standard InChI is InChI=1S/C19H19ClF2N6/c1-11(2)23-16-10-17(26-15-9-5-8-14(20)25-15)28-18(27-16)12-6-4-7-13(24-12)19(3,21)22/h4-11H,1-3H3,(H2,23,25,26,27,28). The quantitative estimate of drug-likeness (QED) is 0.545. The minimum atomic E-state index is -3.06. The molecule has 0 amide bonds. The van der Waals surface area contributed by atoms with Gasteiger partial charge in [-0.2, -0.15) is 8.78 Å². The van der Waals surface area contributed by atoms with E-state index in [1.807, 2.05) is 13.8 Å². The smallest absolute Gasteiger partial charge is 0.286 e. The van der Waals surface area contributed by atoms with Gasteiger partial charge >= 0.3 is 0 Å². The fourth-order valence-corrected chi connectivity index (χ4v) is 2.57. The summed E-state index contributed by atoms with van der Waals surface area (Å²) in [5, 5.41) is 6.57. The predicted molar refractivity (Wildman–Crippen MR) is 106 cm³/mol. The zero-order valence-corrected chi connectivity index (χ0v) is 16.3. The van der Waals surface area contributed by atoms with Gasteiger partial charge in [0, 0.05) is 19.0 Å². The lowest BCUT2D eigenvalue weighted by Crippen LogP contribution is -2.13. The number of hydrogen-bond donors (Lipinski definition) is 2. The molecule has 3 aromatic heterocycles. The van der Waals surface area contributed by atoms with Gasteiger partial charge in [0.2, 0.25) is 0 Å². The summed E-state index contributed by atoms with van der Waals surface area (Å²) in [6, 6.07) is 11.3. The molecular weight excluding hydrogens is 386 g/mol. The van der Waals surface area contributed by atoms with E-state index in [2.05, 4.69) is 30.6 Å². The summed E-state index contributed by atoms with van der Waals surface area (Å²) < 4.78 is 27.3. The van der Waals surface area contributed by atoms with Crippen LogP contribution in [0.5, 0.6) is 0 Å². The van der Waals surface area contributed by atoms with E-state index in [9.17, 15) is 8.78 Å². The molecule has 0 aliphatic carbocycles. The lowest BCUT2D eigenvalue weighted by molar-refractivity contribution is 0.0129. The van der Waals surface area contributed by atoms with E-state index in [4.69, 9.17) is 11.6 Å². The summed E-state index contributed by atoms with van der Waals surface area (Å²) in [4.78, 5) is 17.0. The average molecular weight is 405 g/mol. The maximum atomic E-state index is 13.7. The molecule has 0 aliphatic rings. The van der Waals surface area contributed by atoms with E-state index >= 15 is 0 Å². The summed E-state index contributed by atoms with van der Waals surface area (Å²) in [6.45, 7) is 4.72. The van der Waals surface area contributed by atoms with Gasteiger partial charge < -0.3 is 10.6 Å². The lowest BCUT2D eigenvalue weighted by Gasteiger charge is -2.14. The SMILES string of the molecule is CC(C)Nc1cc(Nc2cccc(Cl)n2)nc(-c2cccc(C(C)(F)F)n2)n1. The largest absolute Gasteiger partial charge is 0.368 e. The van der Waals surface area contributed by atoms with Crippen LogP contribution in [0.4, 0.5) is 26.2 Å². The molecule has 9 heteroatoms. The van der Waals surface area contributed by atoms with Gasteiger partial charge in [-0.05, 0) is 38.1 Å². The molecular formula is C19H19ClF2N6. The van der Waals surface area contributed by atoms with Crippen LogP contribution in [0, 0.1) is 0 Å². The Bertz CT molecular complexity index is 975. The first-order chi connectivity index (χ1) is 13.2. The van der Waals surface area contributed by atoms with Crippen LogP contribution >= 0.6 is 11.6 Å². The molecule has 0 saturated heterocycles. The summed E-state index contributed by atoms with van der Waals surface area (Å²) >= 11 is 5.92. The Morgan fingerprint density at radius 3 is 2.32 bits per heavy atom. The van der Waals surface area contributed by atoms with Gasteiger partial charge in [-0.1, -0.05) is 23.7 Å². The van der Waals surface area contributed by atoms with Crippen LogP contribution in [-0.4, -0.2) is 26.0 Å². The topological polar surface area (TPSA) is 75.6 Å². The molecule has 2 N–H and O–H groups in total. The van der Waals surface area contributed by atoms with Crippen LogP contribution in [0.25, 0.3) is 11.5 Å². The minimum Gasteiger partial charge on any atom is -0.368 e. The summed E-state index contributed by atoms with van der Waals surface area (Å²) in [5.41, 5.74) is -0.102. The van der Waals surface area contributed by atoms with E-state index in [0.29, 0.717) is 22.6 Å². The molecule has 0 aromatic carbocycles. The van der Waals surface area contributed by atoms with Crippen LogP contribution in [0.15, 0.2) is 42.5 Å². The molecule has 0 spiro atoms. The zero-order valence-electron chi connectivity index (χ0n) is 15.5. The third-order valence-corrected chi connectivity index (χ3v) is 3.77. The van der Waals surface area contributed by atoms with Crippen molar-refractivity contribution in [1.82, 2.24) is 19.9 Å². The second kappa shape index (κ2) is 8.02. The molecule has 0 fully saturated rings. The summed E-state index contributed by atoms with van der Waals surface area (Å²) in [7, 11) is 0. The number of nitrogens with zero attached hydrogens (tertiary/aromatic N) is 4. The van der Waals surface area contributed by atoms with E-state index in [1.165, 1.54) is 12.1 Å². The first kappa shape index (κ1) is 19.9.